The van der Waals surface area contributed by atoms with Crippen molar-refractivity contribution in [3.63, 3.8) is 0 Å². The van der Waals surface area contributed by atoms with Crippen molar-refractivity contribution in [3.8, 4) is 17.6 Å². The molecule has 1 aromatic carbocycles. The zero-order valence-corrected chi connectivity index (χ0v) is 12.1. The Hall–Kier alpha value is -2.16. The fourth-order valence-corrected chi connectivity index (χ4v) is 1.56. The highest BCUT2D eigenvalue weighted by molar-refractivity contribution is 6.35. The van der Waals surface area contributed by atoms with Gasteiger partial charge in [-0.3, -0.25) is 0 Å². The van der Waals surface area contributed by atoms with Gasteiger partial charge in [-0.1, -0.05) is 35.0 Å². The molecule has 0 aliphatic rings. The number of allylic oxidation sites excluding steroid dienone is 1. The molecule has 0 fully saturated rings. The number of hydrogen-bond acceptors (Lipinski definition) is 4. The van der Waals surface area contributed by atoms with Gasteiger partial charge in [0.1, 0.15) is 5.75 Å². The first-order valence-corrected chi connectivity index (χ1v) is 6.36. The molecule has 110 valence electrons. The van der Waals surface area contributed by atoms with E-state index in [0.29, 0.717) is 10.8 Å². The fourth-order valence-electron chi connectivity index (χ4n) is 1.10. The van der Waals surface area contributed by atoms with Gasteiger partial charge in [-0.2, -0.15) is 0 Å². The highest BCUT2D eigenvalue weighted by Crippen LogP contribution is 2.27. The van der Waals surface area contributed by atoms with Gasteiger partial charge in [0, 0.05) is 11.1 Å². The van der Waals surface area contributed by atoms with Crippen LogP contribution in [0.1, 0.15) is 0 Å². The van der Waals surface area contributed by atoms with Crippen LogP contribution in [0.2, 0.25) is 10.0 Å². The van der Waals surface area contributed by atoms with Crippen LogP contribution in [0.3, 0.4) is 0 Å². The molecule has 0 amide bonds. The molecule has 0 spiro atoms. The number of rotatable bonds is 5. The van der Waals surface area contributed by atoms with Crippen LogP contribution in [-0.2, 0) is 14.3 Å². The Bertz CT molecular complexity index is 614. The molecule has 0 bridgehead atoms. The lowest BCUT2D eigenvalue weighted by molar-refractivity contribution is -0.144. The van der Waals surface area contributed by atoms with Crippen molar-refractivity contribution in [1.29, 1.82) is 0 Å². The smallest absolute Gasteiger partial charge is 0.345 e. The highest BCUT2D eigenvalue weighted by atomic mass is 35.5. The molecule has 0 saturated carbocycles. The average molecular weight is 329 g/mol. The monoisotopic (exact) mass is 328 g/mol. The van der Waals surface area contributed by atoms with E-state index in [1.165, 1.54) is 12.1 Å². The van der Waals surface area contributed by atoms with Crippen molar-refractivity contribution in [3.05, 3.63) is 40.4 Å². The first kappa shape index (κ1) is 16.9. The van der Waals surface area contributed by atoms with E-state index in [2.05, 4.69) is 11.8 Å². The van der Waals surface area contributed by atoms with Crippen LogP contribution in [0.25, 0.3) is 0 Å². The predicted octanol–water partition coefficient (Wildman–Crippen LogP) is 2.56. The Balaban J connectivity index is 2.33. The van der Waals surface area contributed by atoms with Crippen LogP contribution in [0.4, 0.5) is 0 Å². The minimum Gasteiger partial charge on any atom is -0.480 e. The fraction of sp³-hybridized carbons (Fsp3) is 0.143. The summed E-state index contributed by atoms with van der Waals surface area (Å²) in [7, 11) is 0. The third-order valence-corrected chi connectivity index (χ3v) is 2.49. The predicted molar refractivity (Wildman–Crippen MR) is 77.5 cm³/mol. The summed E-state index contributed by atoms with van der Waals surface area (Å²) >= 11 is 11.6. The lowest BCUT2D eigenvalue weighted by atomic mass is 10.3. The topological polar surface area (TPSA) is 72.8 Å². The van der Waals surface area contributed by atoms with Crippen molar-refractivity contribution < 1.29 is 24.2 Å². The van der Waals surface area contributed by atoms with E-state index in [0.717, 1.165) is 12.2 Å². The summed E-state index contributed by atoms with van der Waals surface area (Å²) < 4.78 is 9.90. The SMILES string of the molecule is O=C(O)C=CC#CCOC(=O)COc1ccc(Cl)cc1Cl. The number of halogens is 2. The number of carbonyl (C=O) groups excluding carboxylic acids is 1. The van der Waals surface area contributed by atoms with Crippen molar-refractivity contribution in [2.24, 2.45) is 0 Å². The molecule has 0 aliphatic carbocycles. The summed E-state index contributed by atoms with van der Waals surface area (Å²) in [4.78, 5) is 21.5. The third-order valence-electron chi connectivity index (χ3n) is 1.96. The van der Waals surface area contributed by atoms with Gasteiger partial charge in [-0.15, -0.1) is 0 Å². The standard InChI is InChI=1S/C14H10Cl2O5/c15-10-5-6-12(11(16)8-10)21-9-14(19)20-7-3-1-2-4-13(17)18/h2,4-6,8H,7,9H2,(H,17,18). The largest absolute Gasteiger partial charge is 0.480 e. The second kappa shape index (κ2) is 8.90. The number of carbonyl (C=O) groups is 2. The second-order valence-electron chi connectivity index (χ2n) is 3.52. The van der Waals surface area contributed by atoms with Crippen molar-refractivity contribution in [2.75, 3.05) is 13.2 Å². The van der Waals surface area contributed by atoms with Crippen LogP contribution in [0.15, 0.2) is 30.4 Å². The van der Waals surface area contributed by atoms with Crippen molar-refractivity contribution in [1.82, 2.24) is 0 Å². The maximum Gasteiger partial charge on any atom is 0.345 e. The molecule has 0 aromatic heterocycles. The molecular formula is C14H10Cl2O5. The number of esters is 1. The van der Waals surface area contributed by atoms with E-state index in [-0.39, 0.29) is 18.2 Å². The van der Waals surface area contributed by atoms with E-state index in [4.69, 9.17) is 37.8 Å². The third kappa shape index (κ3) is 7.25. The van der Waals surface area contributed by atoms with Crippen LogP contribution in [-0.4, -0.2) is 30.3 Å². The normalized spacial score (nSPS) is 9.81. The molecule has 0 unspecified atom stereocenters. The Kier molecular flexibility index (Phi) is 7.16. The quantitative estimate of drug-likeness (QED) is 0.511. The summed E-state index contributed by atoms with van der Waals surface area (Å²) in [5.74, 6) is 3.43. The number of ether oxygens (including phenoxy) is 2. The van der Waals surface area contributed by atoms with Crippen LogP contribution in [0.5, 0.6) is 5.75 Å². The molecule has 1 N–H and O–H groups in total. The Morgan fingerprint density at radius 1 is 1.33 bits per heavy atom. The van der Waals surface area contributed by atoms with Crippen molar-refractivity contribution >= 4 is 35.1 Å². The van der Waals surface area contributed by atoms with Gasteiger partial charge >= 0.3 is 11.9 Å². The minimum atomic E-state index is -1.10. The molecule has 5 nitrogen and oxygen atoms in total. The molecule has 0 aliphatic heterocycles. The number of benzene rings is 1. The van der Waals surface area contributed by atoms with E-state index in [1.807, 2.05) is 0 Å². The second-order valence-corrected chi connectivity index (χ2v) is 4.36. The number of hydrogen-bond donors (Lipinski definition) is 1. The first-order valence-electron chi connectivity index (χ1n) is 5.60. The van der Waals surface area contributed by atoms with Gasteiger partial charge in [-0.25, -0.2) is 9.59 Å². The van der Waals surface area contributed by atoms with Crippen molar-refractivity contribution in [2.45, 2.75) is 0 Å². The van der Waals surface area contributed by atoms with E-state index in [9.17, 15) is 9.59 Å². The number of aliphatic carboxylic acids is 1. The molecule has 0 atom stereocenters. The molecule has 21 heavy (non-hydrogen) atoms. The maximum absolute atomic E-state index is 11.3. The summed E-state index contributed by atoms with van der Waals surface area (Å²) in [5.41, 5.74) is 0. The lowest BCUT2D eigenvalue weighted by Crippen LogP contribution is -2.15. The summed E-state index contributed by atoms with van der Waals surface area (Å²) in [6.07, 6.45) is 2.01. The minimum absolute atomic E-state index is 0.166. The summed E-state index contributed by atoms with van der Waals surface area (Å²) in [5, 5.41) is 9.04. The molecule has 0 heterocycles. The molecule has 1 rings (SSSR count). The van der Waals surface area contributed by atoms with E-state index < -0.39 is 11.9 Å². The molecular weight excluding hydrogens is 319 g/mol. The van der Waals surface area contributed by atoms with Gasteiger partial charge in [-0.05, 0) is 24.3 Å². The number of carboxylic acid groups (broad SMARTS) is 1. The van der Waals surface area contributed by atoms with Crippen LogP contribution < -0.4 is 4.74 Å². The number of carboxylic acids is 1. The van der Waals surface area contributed by atoms with E-state index in [1.54, 1.807) is 6.07 Å². The zero-order valence-electron chi connectivity index (χ0n) is 10.6. The van der Waals surface area contributed by atoms with Gasteiger partial charge in [0.05, 0.1) is 5.02 Å². The van der Waals surface area contributed by atoms with Gasteiger partial charge in [0.25, 0.3) is 0 Å². The lowest BCUT2D eigenvalue weighted by Gasteiger charge is -2.07. The Morgan fingerprint density at radius 3 is 2.76 bits per heavy atom. The molecule has 1 aromatic rings. The highest BCUT2D eigenvalue weighted by Gasteiger charge is 2.06. The van der Waals surface area contributed by atoms with Gasteiger partial charge < -0.3 is 14.6 Å². The van der Waals surface area contributed by atoms with E-state index >= 15 is 0 Å². The van der Waals surface area contributed by atoms with Crippen LogP contribution >= 0.6 is 23.2 Å². The van der Waals surface area contributed by atoms with Gasteiger partial charge in [0.2, 0.25) is 0 Å². The Labute approximate surface area is 131 Å². The molecule has 0 radical (unpaired) electrons. The molecule has 7 heteroatoms. The van der Waals surface area contributed by atoms with Crippen LogP contribution in [0, 0.1) is 11.8 Å². The summed E-state index contributed by atoms with van der Waals surface area (Å²) in [6.45, 7) is -0.492. The first-order chi connectivity index (χ1) is 9.99. The van der Waals surface area contributed by atoms with Gasteiger partial charge in [0.15, 0.2) is 13.2 Å². The Morgan fingerprint density at radius 2 is 2.10 bits per heavy atom. The maximum atomic E-state index is 11.3. The molecule has 0 saturated heterocycles. The summed E-state index contributed by atoms with van der Waals surface area (Å²) in [6, 6.07) is 4.60. The average Bonchev–Trinajstić information content (AvgIpc) is 2.41. The zero-order chi connectivity index (χ0) is 15.7.